The minimum atomic E-state index is -0.387. The molecule has 0 aromatic heterocycles. The van der Waals surface area contributed by atoms with Gasteiger partial charge >= 0.3 is 5.97 Å². The van der Waals surface area contributed by atoms with Gasteiger partial charge in [-0.25, -0.2) is 0 Å². The van der Waals surface area contributed by atoms with E-state index in [4.69, 9.17) is 4.74 Å². The molecule has 5 nitrogen and oxygen atoms in total. The number of allylic oxidation sites excluding steroid dienone is 2. The number of ether oxygens (including phenoxy) is 1. The summed E-state index contributed by atoms with van der Waals surface area (Å²) in [6.45, 7) is 23.7. The first-order valence-electron chi connectivity index (χ1n) is 16.7. The maximum Gasteiger partial charge on any atom is 0.302 e. The summed E-state index contributed by atoms with van der Waals surface area (Å²) in [6, 6.07) is 0. The lowest BCUT2D eigenvalue weighted by atomic mass is 9.33. The van der Waals surface area contributed by atoms with Crippen LogP contribution in [0.3, 0.4) is 0 Å². The van der Waals surface area contributed by atoms with E-state index in [1.807, 2.05) is 0 Å². The lowest BCUT2D eigenvalue weighted by Gasteiger charge is -2.70. The Labute approximate surface area is 249 Å². The smallest absolute Gasteiger partial charge is 0.302 e. The van der Waals surface area contributed by atoms with E-state index in [0.29, 0.717) is 17.6 Å². The second-order valence-electron chi connectivity index (χ2n) is 16.8. The second-order valence-corrected chi connectivity index (χ2v) is 16.8. The summed E-state index contributed by atoms with van der Waals surface area (Å²) in [4.78, 5) is 43.0. The molecule has 4 fully saturated rings. The topological polar surface area (TPSA) is 63.7 Å². The van der Waals surface area contributed by atoms with Gasteiger partial charge in [-0.3, -0.25) is 14.4 Å². The van der Waals surface area contributed by atoms with E-state index >= 15 is 0 Å². The van der Waals surface area contributed by atoms with E-state index in [0.717, 1.165) is 70.9 Å². The maximum absolute atomic E-state index is 14.7. The molecule has 230 valence electrons. The molecule has 3 unspecified atom stereocenters. The quantitative estimate of drug-likeness (QED) is 0.326. The van der Waals surface area contributed by atoms with Crippen LogP contribution >= 0.6 is 0 Å². The van der Waals surface area contributed by atoms with Crippen molar-refractivity contribution >= 4 is 17.7 Å². The molecule has 41 heavy (non-hydrogen) atoms. The summed E-state index contributed by atoms with van der Waals surface area (Å²) in [7, 11) is 0. The number of esters is 1. The number of amides is 1. The van der Waals surface area contributed by atoms with Crippen LogP contribution in [0.15, 0.2) is 11.6 Å². The van der Waals surface area contributed by atoms with Gasteiger partial charge in [-0.2, -0.15) is 0 Å². The van der Waals surface area contributed by atoms with Crippen LogP contribution in [-0.4, -0.2) is 41.8 Å². The lowest BCUT2D eigenvalue weighted by Crippen LogP contribution is -2.67. The Kier molecular flexibility index (Phi) is 7.27. The van der Waals surface area contributed by atoms with Gasteiger partial charge in [0, 0.05) is 31.3 Å². The van der Waals surface area contributed by atoms with E-state index in [-0.39, 0.29) is 56.4 Å². The predicted octanol–water partition coefficient (Wildman–Crippen LogP) is 7.77. The summed E-state index contributed by atoms with van der Waals surface area (Å²) in [5, 5.41) is 0. The zero-order chi connectivity index (χ0) is 30.4. The third kappa shape index (κ3) is 4.16. The lowest BCUT2D eigenvalue weighted by molar-refractivity contribution is -0.211. The molecule has 1 amide bonds. The molecule has 8 atom stereocenters. The first-order chi connectivity index (χ1) is 18.9. The van der Waals surface area contributed by atoms with Crippen LogP contribution in [0.25, 0.3) is 0 Å². The van der Waals surface area contributed by atoms with Crippen LogP contribution in [-0.2, 0) is 19.1 Å². The molecule has 5 aliphatic rings. The average Bonchev–Trinajstić information content (AvgIpc) is 2.87. The largest absolute Gasteiger partial charge is 0.462 e. The summed E-state index contributed by atoms with van der Waals surface area (Å²) in [5.74, 6) is 0.801. The van der Waals surface area contributed by atoms with Gasteiger partial charge in [0.05, 0.1) is 5.41 Å². The molecule has 0 bridgehead atoms. The van der Waals surface area contributed by atoms with Crippen molar-refractivity contribution < 1.29 is 19.1 Å². The van der Waals surface area contributed by atoms with Crippen molar-refractivity contribution in [2.24, 2.45) is 50.2 Å². The second kappa shape index (κ2) is 9.68. The first kappa shape index (κ1) is 30.8. The van der Waals surface area contributed by atoms with Gasteiger partial charge in [0.1, 0.15) is 6.10 Å². The van der Waals surface area contributed by atoms with E-state index in [2.05, 4.69) is 73.3 Å². The van der Waals surface area contributed by atoms with E-state index in [9.17, 15) is 14.4 Å². The Bertz CT molecular complexity index is 1150. The van der Waals surface area contributed by atoms with Crippen LogP contribution in [0, 0.1) is 50.2 Å². The average molecular weight is 568 g/mol. The third-order valence-electron chi connectivity index (χ3n) is 14.1. The van der Waals surface area contributed by atoms with Gasteiger partial charge < -0.3 is 9.64 Å². The number of nitrogens with zero attached hydrogens (tertiary/aromatic N) is 1. The van der Waals surface area contributed by atoms with Crippen molar-refractivity contribution in [1.29, 1.82) is 0 Å². The molecular formula is C36H57NO4. The van der Waals surface area contributed by atoms with Crippen LogP contribution in [0.1, 0.15) is 127 Å². The summed E-state index contributed by atoms with van der Waals surface area (Å²) in [5.41, 5.74) is 0.471. The standard InChI is InChI=1S/C36H57NO4/c1-11-37(12-2)30(40)36-19-17-31(4,5)22-25(36)24-21-26(39)29-33(8)15-14-28(41-23(3)38)32(6,7)27(33)13-16-35(29,10)34(24,9)18-20-36/h21,25,27-29H,11-20,22H2,1-10H3/t25?,27?,28-,29?,33-,34+,35+,36-/m0/s1. The number of hydrogen-bond acceptors (Lipinski definition) is 4. The molecule has 4 saturated carbocycles. The Hall–Kier alpha value is -1.65. The van der Waals surface area contributed by atoms with Crippen LogP contribution in [0.4, 0.5) is 0 Å². The van der Waals surface area contributed by atoms with Crippen molar-refractivity contribution in [3.63, 3.8) is 0 Å². The Morgan fingerprint density at radius 1 is 0.902 bits per heavy atom. The molecule has 0 aliphatic heterocycles. The normalized spacial score (nSPS) is 44.3. The molecule has 5 rings (SSSR count). The molecular weight excluding hydrogens is 510 g/mol. The highest BCUT2D eigenvalue weighted by Gasteiger charge is 2.71. The Balaban J connectivity index is 1.60. The minimum absolute atomic E-state index is 0.0531. The predicted molar refractivity (Wildman–Crippen MR) is 163 cm³/mol. The van der Waals surface area contributed by atoms with Gasteiger partial charge in [0.15, 0.2) is 5.78 Å². The molecule has 5 heteroatoms. The number of rotatable bonds is 4. The molecule has 0 heterocycles. The van der Waals surface area contributed by atoms with Gasteiger partial charge in [-0.1, -0.05) is 54.0 Å². The van der Waals surface area contributed by atoms with Gasteiger partial charge in [0.25, 0.3) is 0 Å². The maximum atomic E-state index is 14.7. The van der Waals surface area contributed by atoms with Crippen LogP contribution in [0.2, 0.25) is 0 Å². The zero-order valence-electron chi connectivity index (χ0n) is 27.7. The van der Waals surface area contributed by atoms with Gasteiger partial charge in [0.2, 0.25) is 5.91 Å². The van der Waals surface area contributed by atoms with Crippen LogP contribution < -0.4 is 0 Å². The van der Waals surface area contributed by atoms with Crippen molar-refractivity contribution in [1.82, 2.24) is 4.90 Å². The molecule has 0 N–H and O–H groups in total. The van der Waals surface area contributed by atoms with Crippen molar-refractivity contribution in [3.8, 4) is 0 Å². The van der Waals surface area contributed by atoms with Gasteiger partial charge in [-0.05, 0) is 111 Å². The number of fused-ring (bicyclic) bond motifs is 7. The fourth-order valence-electron chi connectivity index (χ4n) is 11.7. The molecule has 0 aromatic rings. The third-order valence-corrected chi connectivity index (χ3v) is 14.1. The highest BCUT2D eigenvalue weighted by Crippen LogP contribution is 2.75. The first-order valence-corrected chi connectivity index (χ1v) is 16.7. The van der Waals surface area contributed by atoms with Crippen molar-refractivity contribution in [2.45, 2.75) is 133 Å². The van der Waals surface area contributed by atoms with E-state index < -0.39 is 0 Å². The van der Waals surface area contributed by atoms with Gasteiger partial charge in [-0.15, -0.1) is 0 Å². The molecule has 0 saturated heterocycles. The molecule has 0 aromatic carbocycles. The minimum Gasteiger partial charge on any atom is -0.462 e. The fraction of sp³-hybridized carbons (Fsp3) is 0.861. The molecule has 0 radical (unpaired) electrons. The summed E-state index contributed by atoms with van der Waals surface area (Å²) >= 11 is 0. The molecule has 0 spiro atoms. The number of carbonyl (C=O) groups is 3. The van der Waals surface area contributed by atoms with Crippen LogP contribution in [0.5, 0.6) is 0 Å². The van der Waals surface area contributed by atoms with E-state index in [1.165, 1.54) is 12.5 Å². The number of ketones is 1. The van der Waals surface area contributed by atoms with Crippen molar-refractivity contribution in [2.75, 3.05) is 13.1 Å². The molecule has 5 aliphatic carbocycles. The SMILES string of the molecule is CCN(CC)C(=O)[C@]12CCC(C)(C)CC1C1=CC(=O)C3[C@@]4(C)CC[C@H](OC(C)=O)C(C)(C)C4CC[C@@]3(C)[C@]1(C)CC2. The Morgan fingerprint density at radius 3 is 2.15 bits per heavy atom. The highest BCUT2D eigenvalue weighted by atomic mass is 16.5. The summed E-state index contributed by atoms with van der Waals surface area (Å²) < 4.78 is 5.87. The van der Waals surface area contributed by atoms with E-state index in [1.54, 1.807) is 0 Å². The Morgan fingerprint density at radius 2 is 1.54 bits per heavy atom. The highest BCUT2D eigenvalue weighted by molar-refractivity contribution is 5.96. The van der Waals surface area contributed by atoms with Crippen molar-refractivity contribution in [3.05, 3.63) is 11.6 Å². The number of hydrogen-bond donors (Lipinski definition) is 0. The summed E-state index contributed by atoms with van der Waals surface area (Å²) in [6.07, 6.45) is 10.6. The monoisotopic (exact) mass is 567 g/mol. The zero-order valence-corrected chi connectivity index (χ0v) is 27.7. The number of carbonyl (C=O) groups excluding carboxylic acids is 3. The fourth-order valence-corrected chi connectivity index (χ4v) is 11.7.